The molecule has 0 spiro atoms. The summed E-state index contributed by atoms with van der Waals surface area (Å²) in [4.78, 5) is 2.83. The summed E-state index contributed by atoms with van der Waals surface area (Å²) in [6, 6.07) is 2.71. The molecule has 0 bridgehead atoms. The highest BCUT2D eigenvalue weighted by molar-refractivity contribution is 9.10. The molecule has 1 atom stereocenters. The first-order valence-electron chi connectivity index (χ1n) is 6.29. The van der Waals surface area contributed by atoms with Gasteiger partial charge >= 0.3 is 0 Å². The summed E-state index contributed by atoms with van der Waals surface area (Å²) in [7, 11) is 0. The molecule has 1 N–H and O–H groups in total. The SMILES string of the molecule is CCNC(c1sc(C)cc1Br)C1CCOCC1. The van der Waals surface area contributed by atoms with Gasteiger partial charge in [0.05, 0.1) is 0 Å². The second kappa shape index (κ2) is 6.32. The Labute approximate surface area is 116 Å². The molecule has 0 saturated carbocycles. The van der Waals surface area contributed by atoms with Gasteiger partial charge in [0.25, 0.3) is 0 Å². The summed E-state index contributed by atoms with van der Waals surface area (Å²) in [6.45, 7) is 7.20. The van der Waals surface area contributed by atoms with E-state index in [0.717, 1.165) is 19.8 Å². The van der Waals surface area contributed by atoms with Crippen LogP contribution < -0.4 is 5.32 Å². The normalized spacial score (nSPS) is 19.5. The van der Waals surface area contributed by atoms with Gasteiger partial charge in [0.2, 0.25) is 0 Å². The molecular weight excluding hydrogens is 298 g/mol. The summed E-state index contributed by atoms with van der Waals surface area (Å²) in [6.07, 6.45) is 2.34. The smallest absolute Gasteiger partial charge is 0.0469 e. The van der Waals surface area contributed by atoms with Crippen LogP contribution in [0.25, 0.3) is 0 Å². The molecule has 1 unspecified atom stereocenters. The monoisotopic (exact) mass is 317 g/mol. The van der Waals surface area contributed by atoms with Crippen LogP contribution in [0.4, 0.5) is 0 Å². The Morgan fingerprint density at radius 1 is 1.53 bits per heavy atom. The van der Waals surface area contributed by atoms with E-state index in [1.807, 2.05) is 11.3 Å². The standard InChI is InChI=1S/C13H20BrNOS/c1-3-15-12(10-4-6-16-7-5-10)13-11(14)8-9(2)17-13/h8,10,12,15H,3-7H2,1-2H3. The second-order valence-corrected chi connectivity index (χ2v) is 6.70. The Morgan fingerprint density at radius 2 is 2.24 bits per heavy atom. The number of hydrogen-bond donors (Lipinski definition) is 1. The van der Waals surface area contributed by atoms with Crippen LogP contribution in [0.1, 0.15) is 35.6 Å². The Hall–Kier alpha value is 0.1000. The Kier molecular flexibility index (Phi) is 5.03. The maximum absolute atomic E-state index is 5.46. The quantitative estimate of drug-likeness (QED) is 0.909. The van der Waals surface area contributed by atoms with Gasteiger partial charge in [0, 0.05) is 33.5 Å². The molecule has 4 heteroatoms. The van der Waals surface area contributed by atoms with Gasteiger partial charge in [0.1, 0.15) is 0 Å². The number of hydrogen-bond acceptors (Lipinski definition) is 3. The molecule has 2 nitrogen and oxygen atoms in total. The van der Waals surface area contributed by atoms with Crippen LogP contribution in [0, 0.1) is 12.8 Å². The third-order valence-electron chi connectivity index (χ3n) is 3.28. The van der Waals surface area contributed by atoms with Crippen molar-refractivity contribution >= 4 is 27.3 Å². The van der Waals surface area contributed by atoms with Crippen LogP contribution in [-0.4, -0.2) is 19.8 Å². The maximum atomic E-state index is 5.46. The third-order valence-corrected chi connectivity index (χ3v) is 5.33. The van der Waals surface area contributed by atoms with Crippen molar-refractivity contribution in [2.24, 2.45) is 5.92 Å². The first-order valence-corrected chi connectivity index (χ1v) is 7.90. The van der Waals surface area contributed by atoms with Crippen LogP contribution in [-0.2, 0) is 4.74 Å². The van der Waals surface area contributed by atoms with Crippen LogP contribution in [0.15, 0.2) is 10.5 Å². The van der Waals surface area contributed by atoms with Crippen molar-refractivity contribution in [1.82, 2.24) is 5.32 Å². The molecule has 0 aromatic carbocycles. The molecule has 96 valence electrons. The highest BCUT2D eigenvalue weighted by Gasteiger charge is 2.27. The van der Waals surface area contributed by atoms with Crippen molar-refractivity contribution < 1.29 is 4.74 Å². The zero-order valence-electron chi connectivity index (χ0n) is 10.5. The van der Waals surface area contributed by atoms with Gasteiger partial charge in [-0.2, -0.15) is 0 Å². The third kappa shape index (κ3) is 3.31. The van der Waals surface area contributed by atoms with E-state index >= 15 is 0 Å². The van der Waals surface area contributed by atoms with E-state index in [0.29, 0.717) is 12.0 Å². The lowest BCUT2D eigenvalue weighted by atomic mass is 9.90. The summed E-state index contributed by atoms with van der Waals surface area (Å²) in [5, 5.41) is 3.65. The fourth-order valence-corrected chi connectivity index (χ4v) is 4.52. The fraction of sp³-hybridized carbons (Fsp3) is 0.692. The molecular formula is C13H20BrNOS. The molecule has 2 rings (SSSR count). The number of nitrogens with one attached hydrogen (secondary N) is 1. The van der Waals surface area contributed by atoms with E-state index < -0.39 is 0 Å². The Balaban J connectivity index is 2.18. The second-order valence-electron chi connectivity index (χ2n) is 4.55. The van der Waals surface area contributed by atoms with Crippen molar-refractivity contribution in [1.29, 1.82) is 0 Å². The largest absolute Gasteiger partial charge is 0.381 e. The Morgan fingerprint density at radius 3 is 2.76 bits per heavy atom. The zero-order chi connectivity index (χ0) is 12.3. The first kappa shape index (κ1) is 13.5. The number of thiophene rings is 1. The molecule has 0 amide bonds. The summed E-state index contributed by atoms with van der Waals surface area (Å²) < 4.78 is 6.72. The van der Waals surface area contributed by atoms with Gasteiger partial charge in [-0.1, -0.05) is 6.92 Å². The summed E-state index contributed by atoms with van der Waals surface area (Å²) in [5.41, 5.74) is 0. The molecule has 1 fully saturated rings. The topological polar surface area (TPSA) is 21.3 Å². The Bertz CT molecular complexity index is 360. The average Bonchev–Trinajstić information content (AvgIpc) is 2.66. The highest BCUT2D eigenvalue weighted by atomic mass is 79.9. The van der Waals surface area contributed by atoms with Gasteiger partial charge in [-0.25, -0.2) is 0 Å². The van der Waals surface area contributed by atoms with Crippen molar-refractivity contribution in [2.45, 2.75) is 32.7 Å². The van der Waals surface area contributed by atoms with Crippen molar-refractivity contribution in [3.05, 3.63) is 20.3 Å². The van der Waals surface area contributed by atoms with E-state index in [1.165, 1.54) is 27.1 Å². The van der Waals surface area contributed by atoms with Crippen LogP contribution >= 0.6 is 27.3 Å². The van der Waals surface area contributed by atoms with Crippen molar-refractivity contribution in [3.8, 4) is 0 Å². The van der Waals surface area contributed by atoms with Crippen molar-refractivity contribution in [2.75, 3.05) is 19.8 Å². The lowest BCUT2D eigenvalue weighted by Gasteiger charge is -2.30. The first-order chi connectivity index (χ1) is 8.22. The molecule has 1 aliphatic rings. The molecule has 0 radical (unpaired) electrons. The number of halogens is 1. The van der Waals surface area contributed by atoms with Gasteiger partial charge in [-0.15, -0.1) is 11.3 Å². The van der Waals surface area contributed by atoms with Crippen LogP contribution in [0.5, 0.6) is 0 Å². The minimum Gasteiger partial charge on any atom is -0.381 e. The average molecular weight is 318 g/mol. The predicted molar refractivity (Wildman–Crippen MR) is 76.7 cm³/mol. The fourth-order valence-electron chi connectivity index (χ4n) is 2.46. The van der Waals surface area contributed by atoms with Gasteiger partial charge in [-0.3, -0.25) is 0 Å². The molecule has 2 heterocycles. The maximum Gasteiger partial charge on any atom is 0.0469 e. The molecule has 1 aromatic rings. The van der Waals surface area contributed by atoms with E-state index in [2.05, 4.69) is 41.2 Å². The molecule has 1 aliphatic heterocycles. The lowest BCUT2D eigenvalue weighted by molar-refractivity contribution is 0.0542. The summed E-state index contributed by atoms with van der Waals surface area (Å²) in [5.74, 6) is 0.707. The lowest BCUT2D eigenvalue weighted by Crippen LogP contribution is -2.31. The van der Waals surface area contributed by atoms with Gasteiger partial charge in [-0.05, 0) is 54.2 Å². The van der Waals surface area contributed by atoms with E-state index in [4.69, 9.17) is 4.74 Å². The number of aryl methyl sites for hydroxylation is 1. The van der Waals surface area contributed by atoms with E-state index in [-0.39, 0.29) is 0 Å². The van der Waals surface area contributed by atoms with E-state index in [1.54, 1.807) is 0 Å². The summed E-state index contributed by atoms with van der Waals surface area (Å²) >= 11 is 5.60. The van der Waals surface area contributed by atoms with Crippen molar-refractivity contribution in [3.63, 3.8) is 0 Å². The van der Waals surface area contributed by atoms with E-state index in [9.17, 15) is 0 Å². The van der Waals surface area contributed by atoms with Gasteiger partial charge < -0.3 is 10.1 Å². The number of ether oxygens (including phenoxy) is 1. The zero-order valence-corrected chi connectivity index (χ0v) is 12.9. The molecule has 1 aromatic heterocycles. The van der Waals surface area contributed by atoms with Gasteiger partial charge in [0.15, 0.2) is 0 Å². The molecule has 17 heavy (non-hydrogen) atoms. The number of rotatable bonds is 4. The predicted octanol–water partition coefficient (Wildman–Crippen LogP) is 3.90. The molecule has 1 saturated heterocycles. The molecule has 0 aliphatic carbocycles. The minimum absolute atomic E-state index is 0.483. The highest BCUT2D eigenvalue weighted by Crippen LogP contribution is 2.38. The van der Waals surface area contributed by atoms with Crippen LogP contribution in [0.3, 0.4) is 0 Å². The van der Waals surface area contributed by atoms with Crippen LogP contribution in [0.2, 0.25) is 0 Å². The minimum atomic E-state index is 0.483.